The summed E-state index contributed by atoms with van der Waals surface area (Å²) in [7, 11) is -1.78. The van der Waals surface area contributed by atoms with Gasteiger partial charge in [0.25, 0.3) is 10.1 Å². The number of benzene rings is 1. The van der Waals surface area contributed by atoms with Crippen LogP contribution in [0, 0.1) is 41.4 Å². The van der Waals surface area contributed by atoms with Crippen LogP contribution in [0.3, 0.4) is 0 Å². The summed E-state index contributed by atoms with van der Waals surface area (Å²) in [5, 5.41) is 0. The molecule has 0 aromatic heterocycles. The number of hydrogen-bond donors (Lipinski definition) is 0. The molecule has 1 aromatic rings. The lowest BCUT2D eigenvalue weighted by Gasteiger charge is -2.60. The molecule has 6 heteroatoms. The summed E-state index contributed by atoms with van der Waals surface area (Å²) in [5.41, 5.74) is 1.19. The van der Waals surface area contributed by atoms with Gasteiger partial charge in [-0.05, 0) is 92.7 Å². The quantitative estimate of drug-likeness (QED) is 0.583. The highest BCUT2D eigenvalue weighted by atomic mass is 32.2. The number of hydrogen-bond acceptors (Lipinski definition) is 4. The summed E-state index contributed by atoms with van der Waals surface area (Å²) < 4.78 is 31.2. The van der Waals surface area contributed by atoms with Crippen LogP contribution in [-0.2, 0) is 19.1 Å². The molecule has 1 aromatic carbocycles. The zero-order chi connectivity index (χ0) is 23.6. The van der Waals surface area contributed by atoms with Gasteiger partial charge in [0.05, 0.1) is 11.5 Å². The molecule has 7 atom stereocenters. The van der Waals surface area contributed by atoms with E-state index in [0.29, 0.717) is 23.8 Å². The first-order valence-electron chi connectivity index (χ1n) is 12.5. The SMILES string of the molecule is Cc1ccc(S(=O)(=O)OC[C@H]2CCC3C4CCC5N(C)C(=O)C=C[C@]5(C)C4CC[C@@]32C)cc1. The fraction of sp³-hybridized carbons (Fsp3) is 0.667. The highest BCUT2D eigenvalue weighted by molar-refractivity contribution is 7.86. The van der Waals surface area contributed by atoms with Gasteiger partial charge < -0.3 is 4.90 Å². The number of fused-ring (bicyclic) bond motifs is 5. The van der Waals surface area contributed by atoms with Gasteiger partial charge in [0, 0.05) is 18.5 Å². The van der Waals surface area contributed by atoms with Gasteiger partial charge in [-0.2, -0.15) is 8.42 Å². The van der Waals surface area contributed by atoms with Gasteiger partial charge in [0.15, 0.2) is 0 Å². The van der Waals surface area contributed by atoms with Crippen LogP contribution in [0.5, 0.6) is 0 Å². The fourth-order valence-corrected chi connectivity index (χ4v) is 9.01. The van der Waals surface area contributed by atoms with Crippen molar-refractivity contribution in [3.8, 4) is 0 Å². The number of aryl methyl sites for hydroxylation is 1. The van der Waals surface area contributed by atoms with Crippen molar-refractivity contribution in [3.63, 3.8) is 0 Å². The molecule has 0 spiro atoms. The van der Waals surface area contributed by atoms with Gasteiger partial charge in [-0.3, -0.25) is 8.98 Å². The molecule has 3 aliphatic carbocycles. The Labute approximate surface area is 198 Å². The number of carbonyl (C=O) groups excluding carboxylic acids is 1. The smallest absolute Gasteiger partial charge is 0.296 e. The second kappa shape index (κ2) is 7.94. The van der Waals surface area contributed by atoms with Gasteiger partial charge in [-0.15, -0.1) is 0 Å². The fourth-order valence-electron chi connectivity index (χ4n) is 8.07. The number of rotatable bonds is 4. The van der Waals surface area contributed by atoms with Crippen LogP contribution in [0.4, 0.5) is 0 Å². The molecule has 4 aliphatic rings. The molecule has 5 rings (SSSR count). The van der Waals surface area contributed by atoms with E-state index in [-0.39, 0.29) is 34.2 Å². The van der Waals surface area contributed by atoms with Crippen LogP contribution in [0.1, 0.15) is 57.9 Å². The van der Waals surface area contributed by atoms with Crippen molar-refractivity contribution in [1.29, 1.82) is 0 Å². The second-order valence-corrected chi connectivity index (χ2v) is 13.1. The molecule has 5 nitrogen and oxygen atoms in total. The van der Waals surface area contributed by atoms with E-state index < -0.39 is 10.1 Å². The summed E-state index contributed by atoms with van der Waals surface area (Å²) in [6, 6.07) is 7.18. The maximum Gasteiger partial charge on any atom is 0.296 e. The lowest BCUT2D eigenvalue weighted by molar-refractivity contribution is -0.139. The molecule has 3 saturated carbocycles. The highest BCUT2D eigenvalue weighted by Gasteiger charge is 2.60. The zero-order valence-corrected chi connectivity index (χ0v) is 21.1. The van der Waals surface area contributed by atoms with Gasteiger partial charge in [-0.25, -0.2) is 0 Å². The van der Waals surface area contributed by atoms with E-state index in [1.54, 1.807) is 18.2 Å². The molecule has 0 saturated heterocycles. The topological polar surface area (TPSA) is 63.7 Å². The highest BCUT2D eigenvalue weighted by Crippen LogP contribution is 2.65. The van der Waals surface area contributed by atoms with E-state index in [1.807, 2.05) is 31.0 Å². The number of amides is 1. The summed E-state index contributed by atoms with van der Waals surface area (Å²) in [4.78, 5) is 14.5. The number of carbonyl (C=O) groups is 1. The molecule has 4 unspecified atom stereocenters. The third-order valence-electron chi connectivity index (χ3n) is 10.1. The Bertz CT molecular complexity index is 1060. The van der Waals surface area contributed by atoms with Crippen LogP contribution in [-0.4, -0.2) is 38.9 Å². The predicted octanol–water partition coefficient (Wildman–Crippen LogP) is 4.96. The molecule has 1 heterocycles. The maximum atomic E-state index is 12.8. The van der Waals surface area contributed by atoms with Crippen molar-refractivity contribution in [2.45, 2.75) is 70.2 Å². The summed E-state index contributed by atoms with van der Waals surface area (Å²) >= 11 is 0. The van der Waals surface area contributed by atoms with Crippen LogP contribution in [0.2, 0.25) is 0 Å². The van der Waals surface area contributed by atoms with Gasteiger partial charge in [0.2, 0.25) is 5.91 Å². The maximum absolute atomic E-state index is 12.8. The third-order valence-corrected chi connectivity index (χ3v) is 11.4. The van der Waals surface area contributed by atoms with Crippen LogP contribution in [0.15, 0.2) is 41.3 Å². The van der Waals surface area contributed by atoms with Crippen LogP contribution in [0.25, 0.3) is 0 Å². The first-order valence-corrected chi connectivity index (χ1v) is 13.9. The summed E-state index contributed by atoms with van der Waals surface area (Å²) in [6.07, 6.45) is 10.6. The Morgan fingerprint density at radius 3 is 2.48 bits per heavy atom. The zero-order valence-electron chi connectivity index (χ0n) is 20.3. The van der Waals surface area contributed by atoms with E-state index in [2.05, 4.69) is 19.9 Å². The lowest BCUT2D eigenvalue weighted by atomic mass is 9.48. The van der Waals surface area contributed by atoms with Crippen molar-refractivity contribution in [1.82, 2.24) is 4.90 Å². The van der Waals surface area contributed by atoms with Crippen molar-refractivity contribution in [3.05, 3.63) is 42.0 Å². The molecule has 3 fully saturated rings. The van der Waals surface area contributed by atoms with Crippen LogP contribution >= 0.6 is 0 Å². The van der Waals surface area contributed by atoms with Crippen LogP contribution < -0.4 is 0 Å². The van der Waals surface area contributed by atoms with E-state index in [1.165, 1.54) is 0 Å². The van der Waals surface area contributed by atoms with Crippen molar-refractivity contribution >= 4 is 16.0 Å². The van der Waals surface area contributed by atoms with Gasteiger partial charge in [-0.1, -0.05) is 37.6 Å². The molecule has 180 valence electrons. The van der Waals surface area contributed by atoms with E-state index in [4.69, 9.17) is 4.18 Å². The standard InChI is InChI=1S/C27H37NO4S/c1-18-5-8-20(9-6-18)33(30,31)32-17-19-7-11-22-21-10-12-24-27(3,16-14-25(29)28(24)4)23(21)13-15-26(19,22)2/h5-6,8-9,14,16,19,21-24H,7,10-13,15,17H2,1-4H3/t19-,21?,22?,23?,24?,26-,27-/m1/s1. The minimum Gasteiger partial charge on any atom is -0.338 e. The normalized spacial score (nSPS) is 40.3. The van der Waals surface area contributed by atoms with E-state index in [0.717, 1.165) is 44.1 Å². The molecular formula is C27H37NO4S. The Morgan fingerprint density at radius 2 is 1.76 bits per heavy atom. The Balaban J connectivity index is 1.32. The number of nitrogens with zero attached hydrogens (tertiary/aromatic N) is 1. The van der Waals surface area contributed by atoms with Crippen molar-refractivity contribution in [2.75, 3.05) is 13.7 Å². The average molecular weight is 472 g/mol. The molecule has 1 amide bonds. The Hall–Kier alpha value is -1.66. The second-order valence-electron chi connectivity index (χ2n) is 11.5. The van der Waals surface area contributed by atoms with Crippen molar-refractivity contribution in [2.24, 2.45) is 34.5 Å². The third kappa shape index (κ3) is 3.59. The molecule has 0 N–H and O–H groups in total. The molecule has 1 aliphatic heterocycles. The van der Waals surface area contributed by atoms with Gasteiger partial charge in [0.1, 0.15) is 0 Å². The monoisotopic (exact) mass is 471 g/mol. The van der Waals surface area contributed by atoms with E-state index in [9.17, 15) is 13.2 Å². The first kappa shape index (κ1) is 23.1. The predicted molar refractivity (Wildman–Crippen MR) is 128 cm³/mol. The molecule has 0 bridgehead atoms. The van der Waals surface area contributed by atoms with Gasteiger partial charge >= 0.3 is 0 Å². The Morgan fingerprint density at radius 1 is 1.03 bits per heavy atom. The molecule has 0 radical (unpaired) electrons. The summed E-state index contributed by atoms with van der Waals surface area (Å²) in [5.74, 6) is 2.21. The van der Waals surface area contributed by atoms with Crippen molar-refractivity contribution < 1.29 is 17.4 Å². The first-order chi connectivity index (χ1) is 15.6. The average Bonchev–Trinajstić information content (AvgIpc) is 3.12. The lowest BCUT2D eigenvalue weighted by Crippen LogP contribution is -2.59. The minimum absolute atomic E-state index is 0.0380. The Kier molecular flexibility index (Phi) is 5.56. The molecule has 33 heavy (non-hydrogen) atoms. The summed E-state index contributed by atoms with van der Waals surface area (Å²) in [6.45, 7) is 6.96. The number of likely N-dealkylation sites (N-methyl/N-ethyl adjacent to an activating group) is 1. The largest absolute Gasteiger partial charge is 0.338 e. The van der Waals surface area contributed by atoms with E-state index >= 15 is 0 Å². The molecular weight excluding hydrogens is 434 g/mol. The minimum atomic E-state index is -3.74.